The van der Waals surface area contributed by atoms with Gasteiger partial charge in [0.25, 0.3) is 5.91 Å². The van der Waals surface area contributed by atoms with Crippen molar-refractivity contribution in [3.05, 3.63) is 60.2 Å². The highest BCUT2D eigenvalue weighted by atomic mass is 16.2. The van der Waals surface area contributed by atoms with Crippen LogP contribution >= 0.6 is 0 Å². The number of carbonyl (C=O) groups is 2. The van der Waals surface area contributed by atoms with Crippen molar-refractivity contribution in [3.8, 4) is 11.3 Å². The minimum Gasteiger partial charge on any atom is -0.352 e. The van der Waals surface area contributed by atoms with Gasteiger partial charge in [-0.3, -0.25) is 9.59 Å². The van der Waals surface area contributed by atoms with Crippen LogP contribution < -0.4 is 10.6 Å². The van der Waals surface area contributed by atoms with Gasteiger partial charge >= 0.3 is 0 Å². The van der Waals surface area contributed by atoms with Gasteiger partial charge in [-0.15, -0.1) is 0 Å². The first-order valence-electron chi connectivity index (χ1n) is 11.8. The Kier molecular flexibility index (Phi) is 7.35. The molecule has 0 bridgehead atoms. The molecule has 4 rings (SSSR count). The summed E-state index contributed by atoms with van der Waals surface area (Å²) in [5.74, 6) is -0.184. The molecule has 0 radical (unpaired) electrons. The second kappa shape index (κ2) is 10.6. The number of benzene rings is 2. The highest BCUT2D eigenvalue weighted by Gasteiger charge is 2.18. The van der Waals surface area contributed by atoms with Crippen molar-refractivity contribution in [1.82, 2.24) is 15.2 Å². The van der Waals surface area contributed by atoms with Crippen LogP contribution in [0.2, 0.25) is 0 Å². The van der Waals surface area contributed by atoms with Crippen LogP contribution in [0.5, 0.6) is 0 Å². The Labute approximate surface area is 195 Å². The summed E-state index contributed by atoms with van der Waals surface area (Å²) >= 11 is 0. The third kappa shape index (κ3) is 5.76. The van der Waals surface area contributed by atoms with Gasteiger partial charge in [-0.05, 0) is 57.0 Å². The van der Waals surface area contributed by atoms with Crippen molar-refractivity contribution < 1.29 is 9.59 Å². The first-order valence-corrected chi connectivity index (χ1v) is 11.8. The Balaban J connectivity index is 1.49. The number of likely N-dealkylation sites (tertiary alicyclic amines) is 1. The van der Waals surface area contributed by atoms with Crippen molar-refractivity contribution in [3.63, 3.8) is 0 Å². The molecule has 1 atom stereocenters. The number of piperidine rings is 1. The van der Waals surface area contributed by atoms with Gasteiger partial charge in [0.1, 0.15) is 0 Å². The fourth-order valence-electron chi connectivity index (χ4n) is 4.51. The van der Waals surface area contributed by atoms with Crippen LogP contribution in [0.4, 0.5) is 5.69 Å². The Morgan fingerprint density at radius 2 is 1.88 bits per heavy atom. The maximum atomic E-state index is 13.1. The smallest absolute Gasteiger partial charge is 0.252 e. The predicted molar refractivity (Wildman–Crippen MR) is 133 cm³/mol. The van der Waals surface area contributed by atoms with Crippen LogP contribution in [0.3, 0.4) is 0 Å². The minimum atomic E-state index is -0.111. The van der Waals surface area contributed by atoms with Crippen molar-refractivity contribution in [1.29, 1.82) is 0 Å². The van der Waals surface area contributed by atoms with Crippen LogP contribution in [0.15, 0.2) is 54.6 Å². The molecule has 6 nitrogen and oxygen atoms in total. The van der Waals surface area contributed by atoms with Crippen LogP contribution in [-0.4, -0.2) is 47.4 Å². The van der Waals surface area contributed by atoms with E-state index in [2.05, 4.69) is 22.5 Å². The summed E-state index contributed by atoms with van der Waals surface area (Å²) in [5, 5.41) is 6.73. The molecule has 2 N–H and O–H groups in total. The van der Waals surface area contributed by atoms with Crippen LogP contribution in [0.25, 0.3) is 22.2 Å². The number of nitrogens with zero attached hydrogens (tertiary/aromatic N) is 2. The molecule has 172 valence electrons. The summed E-state index contributed by atoms with van der Waals surface area (Å²) in [7, 11) is 0. The van der Waals surface area contributed by atoms with E-state index in [-0.39, 0.29) is 11.8 Å². The van der Waals surface area contributed by atoms with E-state index in [9.17, 15) is 9.59 Å². The van der Waals surface area contributed by atoms with E-state index in [0.717, 1.165) is 47.4 Å². The fraction of sp³-hybridized carbons (Fsp3) is 0.370. The van der Waals surface area contributed by atoms with Crippen molar-refractivity contribution in [2.45, 2.75) is 45.6 Å². The lowest BCUT2D eigenvalue weighted by Gasteiger charge is -2.33. The number of amides is 2. The summed E-state index contributed by atoms with van der Waals surface area (Å²) in [6, 6.07) is 17.7. The van der Waals surface area contributed by atoms with E-state index in [1.807, 2.05) is 54.6 Å². The minimum absolute atomic E-state index is 0.0728. The Hall–Kier alpha value is -3.25. The molecule has 0 saturated carbocycles. The largest absolute Gasteiger partial charge is 0.352 e. The summed E-state index contributed by atoms with van der Waals surface area (Å²) in [5.41, 5.74) is 3.77. The molecule has 6 heteroatoms. The summed E-state index contributed by atoms with van der Waals surface area (Å²) in [6.07, 6.45) is 4.80. The second-order valence-corrected chi connectivity index (χ2v) is 8.82. The average Bonchev–Trinajstić information content (AvgIpc) is 2.82. The molecular formula is C27H32N4O2. The number of fused-ring (bicyclic) bond motifs is 1. The zero-order chi connectivity index (χ0) is 23.2. The number of aromatic nitrogens is 1. The number of hydrogen-bond acceptors (Lipinski definition) is 4. The molecule has 1 aliphatic rings. The predicted octanol–water partition coefficient (Wildman–Crippen LogP) is 4.85. The molecule has 0 spiro atoms. The third-order valence-electron chi connectivity index (χ3n) is 6.31. The molecule has 1 aliphatic heterocycles. The lowest BCUT2D eigenvalue weighted by Crippen LogP contribution is -2.39. The number of carbonyl (C=O) groups excluding carboxylic acids is 2. The molecule has 3 aromatic rings. The average molecular weight is 445 g/mol. The van der Waals surface area contributed by atoms with E-state index in [1.54, 1.807) is 0 Å². The van der Waals surface area contributed by atoms with Gasteiger partial charge in [0.15, 0.2) is 0 Å². The zero-order valence-corrected chi connectivity index (χ0v) is 19.4. The number of nitrogens with one attached hydrogen (secondary N) is 2. The molecule has 1 saturated heterocycles. The topological polar surface area (TPSA) is 74.3 Å². The van der Waals surface area contributed by atoms with Gasteiger partial charge in [0.05, 0.1) is 16.8 Å². The molecular weight excluding hydrogens is 412 g/mol. The molecule has 2 heterocycles. The Bertz CT molecular complexity index is 1130. The Morgan fingerprint density at radius 1 is 1.09 bits per heavy atom. The number of anilines is 1. The van der Waals surface area contributed by atoms with Crippen molar-refractivity contribution >= 4 is 28.4 Å². The van der Waals surface area contributed by atoms with Crippen LogP contribution in [0.1, 0.15) is 49.9 Å². The van der Waals surface area contributed by atoms with Crippen molar-refractivity contribution in [2.24, 2.45) is 0 Å². The summed E-state index contributed by atoms with van der Waals surface area (Å²) in [6.45, 7) is 6.61. The monoisotopic (exact) mass is 444 g/mol. The fourth-order valence-corrected chi connectivity index (χ4v) is 4.51. The summed E-state index contributed by atoms with van der Waals surface area (Å²) < 4.78 is 0. The lowest BCUT2D eigenvalue weighted by atomic mass is 10.0. The number of pyridine rings is 1. The highest BCUT2D eigenvalue weighted by Crippen LogP contribution is 2.26. The molecule has 33 heavy (non-hydrogen) atoms. The van der Waals surface area contributed by atoms with E-state index < -0.39 is 0 Å². The molecule has 2 aromatic carbocycles. The molecule has 0 aliphatic carbocycles. The quantitative estimate of drug-likeness (QED) is 0.511. The number of para-hydroxylation sites is 1. The number of hydrogen-bond donors (Lipinski definition) is 2. The first kappa shape index (κ1) is 22.9. The SMILES string of the molecule is CC(=O)Nc1ccc(-c2cc(C(=O)NCCCN3CCCC[C@H]3C)c3ccccc3n2)cc1. The highest BCUT2D eigenvalue weighted by molar-refractivity contribution is 6.07. The number of rotatable bonds is 7. The molecule has 1 aromatic heterocycles. The maximum Gasteiger partial charge on any atom is 0.252 e. The summed E-state index contributed by atoms with van der Waals surface area (Å²) in [4.78, 5) is 31.7. The van der Waals surface area contributed by atoms with Gasteiger partial charge in [-0.1, -0.05) is 36.8 Å². The Morgan fingerprint density at radius 3 is 2.64 bits per heavy atom. The maximum absolute atomic E-state index is 13.1. The van der Waals surface area contributed by atoms with E-state index in [4.69, 9.17) is 4.98 Å². The molecule has 2 amide bonds. The first-order chi connectivity index (χ1) is 16.0. The van der Waals surface area contributed by atoms with Gasteiger partial charge in [0.2, 0.25) is 5.91 Å². The van der Waals surface area contributed by atoms with Gasteiger partial charge in [0, 0.05) is 42.7 Å². The molecule has 1 fully saturated rings. The zero-order valence-electron chi connectivity index (χ0n) is 19.4. The van der Waals surface area contributed by atoms with Gasteiger partial charge in [-0.25, -0.2) is 4.98 Å². The van der Waals surface area contributed by atoms with E-state index in [0.29, 0.717) is 18.2 Å². The molecule has 0 unspecified atom stereocenters. The normalized spacial score (nSPS) is 16.5. The third-order valence-corrected chi connectivity index (χ3v) is 6.31. The van der Waals surface area contributed by atoms with Crippen LogP contribution in [-0.2, 0) is 4.79 Å². The van der Waals surface area contributed by atoms with Gasteiger partial charge in [-0.2, -0.15) is 0 Å². The van der Waals surface area contributed by atoms with Crippen LogP contribution in [0, 0.1) is 0 Å². The van der Waals surface area contributed by atoms with E-state index >= 15 is 0 Å². The standard InChI is InChI=1S/C27H32N4O2/c1-19-8-5-6-16-31(19)17-7-15-28-27(33)24-18-26(30-25-10-4-3-9-23(24)25)21-11-13-22(14-12-21)29-20(2)32/h3-4,9-14,18-19H,5-8,15-17H2,1-2H3,(H,28,33)(H,29,32)/t19-/m1/s1. The lowest BCUT2D eigenvalue weighted by molar-refractivity contribution is -0.114. The van der Waals surface area contributed by atoms with Crippen molar-refractivity contribution in [2.75, 3.05) is 25.0 Å². The van der Waals surface area contributed by atoms with E-state index in [1.165, 1.54) is 26.2 Å². The second-order valence-electron chi connectivity index (χ2n) is 8.82. The van der Waals surface area contributed by atoms with Gasteiger partial charge < -0.3 is 15.5 Å².